The Balaban J connectivity index is 2.22. The molecule has 1 amide bonds. The monoisotopic (exact) mass is 291 g/mol. The van der Waals surface area contributed by atoms with E-state index in [1.165, 1.54) is 7.11 Å². The van der Waals surface area contributed by atoms with Gasteiger partial charge in [-0.05, 0) is 36.4 Å². The Morgan fingerprint density at radius 1 is 1.05 bits per heavy atom. The zero-order valence-electron chi connectivity index (χ0n) is 11.1. The van der Waals surface area contributed by atoms with Crippen LogP contribution in [0.1, 0.15) is 10.4 Å². The molecule has 0 aromatic heterocycles. The summed E-state index contributed by atoms with van der Waals surface area (Å²) in [6.45, 7) is 0. The standard InChI is InChI=1S/C15H14ClNO3/c1-19-12-7-8-13(14(9-12)20-2)15(18)17-11-5-3-10(16)4-6-11/h3-9H,1-2H3,(H,17,18). The van der Waals surface area contributed by atoms with E-state index in [1.807, 2.05) is 0 Å². The number of methoxy groups -OCH3 is 2. The largest absolute Gasteiger partial charge is 0.497 e. The van der Waals surface area contributed by atoms with Gasteiger partial charge in [0.05, 0.1) is 19.8 Å². The first-order valence-corrected chi connectivity index (χ1v) is 6.31. The Hall–Kier alpha value is -2.20. The second-order valence-electron chi connectivity index (χ2n) is 4.03. The van der Waals surface area contributed by atoms with Crippen LogP contribution >= 0.6 is 11.6 Å². The number of carbonyl (C=O) groups is 1. The molecule has 5 heteroatoms. The molecule has 2 aromatic carbocycles. The maximum absolute atomic E-state index is 12.2. The number of anilines is 1. The zero-order valence-corrected chi connectivity index (χ0v) is 11.9. The minimum Gasteiger partial charge on any atom is -0.497 e. The molecule has 1 N–H and O–H groups in total. The van der Waals surface area contributed by atoms with Gasteiger partial charge in [0.15, 0.2) is 0 Å². The van der Waals surface area contributed by atoms with Crippen molar-refractivity contribution in [3.05, 3.63) is 53.1 Å². The van der Waals surface area contributed by atoms with Crippen molar-refractivity contribution in [2.75, 3.05) is 19.5 Å². The highest BCUT2D eigenvalue weighted by Crippen LogP contribution is 2.25. The van der Waals surface area contributed by atoms with Crippen LogP contribution < -0.4 is 14.8 Å². The quantitative estimate of drug-likeness (QED) is 0.936. The van der Waals surface area contributed by atoms with Gasteiger partial charge in [-0.25, -0.2) is 0 Å². The fraction of sp³-hybridized carbons (Fsp3) is 0.133. The highest BCUT2D eigenvalue weighted by atomic mass is 35.5. The van der Waals surface area contributed by atoms with Gasteiger partial charge in [-0.15, -0.1) is 0 Å². The lowest BCUT2D eigenvalue weighted by Gasteiger charge is -2.10. The van der Waals surface area contributed by atoms with Crippen molar-refractivity contribution in [3.8, 4) is 11.5 Å². The molecule has 0 unspecified atom stereocenters. The van der Waals surface area contributed by atoms with Gasteiger partial charge in [-0.3, -0.25) is 4.79 Å². The summed E-state index contributed by atoms with van der Waals surface area (Å²) in [5.41, 5.74) is 1.10. The van der Waals surface area contributed by atoms with E-state index in [2.05, 4.69) is 5.32 Å². The third kappa shape index (κ3) is 3.22. The Morgan fingerprint density at radius 3 is 2.35 bits per heavy atom. The molecule has 0 aliphatic heterocycles. The van der Waals surface area contributed by atoms with Gasteiger partial charge in [0, 0.05) is 16.8 Å². The summed E-state index contributed by atoms with van der Waals surface area (Å²) >= 11 is 5.80. The summed E-state index contributed by atoms with van der Waals surface area (Å²) in [6, 6.07) is 11.9. The summed E-state index contributed by atoms with van der Waals surface area (Å²) in [6.07, 6.45) is 0. The van der Waals surface area contributed by atoms with Crippen LogP contribution in [0.5, 0.6) is 11.5 Å². The van der Waals surface area contributed by atoms with Gasteiger partial charge in [0.25, 0.3) is 5.91 Å². The Bertz CT molecular complexity index is 611. The normalized spacial score (nSPS) is 9.95. The molecule has 2 aromatic rings. The molecule has 0 heterocycles. The first-order chi connectivity index (χ1) is 9.63. The van der Waals surface area contributed by atoms with Crippen LogP contribution in [-0.2, 0) is 0 Å². The lowest BCUT2D eigenvalue weighted by Crippen LogP contribution is -2.13. The molecular formula is C15H14ClNO3. The number of benzene rings is 2. The average Bonchev–Trinajstić information content (AvgIpc) is 2.48. The number of amides is 1. The van der Waals surface area contributed by atoms with Gasteiger partial charge in [0.2, 0.25) is 0 Å². The Morgan fingerprint density at radius 2 is 1.75 bits per heavy atom. The second kappa shape index (κ2) is 6.30. The highest BCUT2D eigenvalue weighted by Gasteiger charge is 2.13. The first kappa shape index (κ1) is 14.2. The van der Waals surface area contributed by atoms with Crippen LogP contribution in [0, 0.1) is 0 Å². The van der Waals surface area contributed by atoms with E-state index in [0.29, 0.717) is 27.8 Å². The first-order valence-electron chi connectivity index (χ1n) is 5.93. The van der Waals surface area contributed by atoms with Crippen molar-refractivity contribution in [2.45, 2.75) is 0 Å². The lowest BCUT2D eigenvalue weighted by atomic mass is 10.1. The maximum atomic E-state index is 12.2. The zero-order chi connectivity index (χ0) is 14.5. The van der Waals surface area contributed by atoms with Crippen LogP contribution in [0.4, 0.5) is 5.69 Å². The lowest BCUT2D eigenvalue weighted by molar-refractivity contribution is 0.102. The molecule has 0 saturated carbocycles. The number of hydrogen-bond acceptors (Lipinski definition) is 3. The Labute approximate surface area is 122 Å². The van der Waals surface area contributed by atoms with E-state index in [1.54, 1.807) is 49.6 Å². The third-order valence-corrected chi connectivity index (χ3v) is 3.01. The minimum absolute atomic E-state index is 0.258. The van der Waals surface area contributed by atoms with Gasteiger partial charge < -0.3 is 14.8 Å². The van der Waals surface area contributed by atoms with Crippen molar-refractivity contribution in [3.63, 3.8) is 0 Å². The Kier molecular flexibility index (Phi) is 4.48. The SMILES string of the molecule is COc1ccc(C(=O)Nc2ccc(Cl)cc2)c(OC)c1. The number of hydrogen-bond donors (Lipinski definition) is 1. The van der Waals surface area contributed by atoms with Crippen molar-refractivity contribution in [1.82, 2.24) is 0 Å². The van der Waals surface area contributed by atoms with Crippen LogP contribution in [0.3, 0.4) is 0 Å². The molecule has 0 fully saturated rings. The molecule has 0 radical (unpaired) electrons. The van der Waals surface area contributed by atoms with Crippen molar-refractivity contribution in [1.29, 1.82) is 0 Å². The summed E-state index contributed by atoms with van der Waals surface area (Å²) in [7, 11) is 3.07. The number of halogens is 1. The molecule has 4 nitrogen and oxygen atoms in total. The molecular weight excluding hydrogens is 278 g/mol. The van der Waals surface area contributed by atoms with Gasteiger partial charge in [-0.2, -0.15) is 0 Å². The number of ether oxygens (including phenoxy) is 2. The maximum Gasteiger partial charge on any atom is 0.259 e. The molecule has 0 aliphatic carbocycles. The molecule has 0 atom stereocenters. The average molecular weight is 292 g/mol. The van der Waals surface area contributed by atoms with Crippen molar-refractivity contribution < 1.29 is 14.3 Å². The van der Waals surface area contributed by atoms with E-state index >= 15 is 0 Å². The van der Waals surface area contributed by atoms with Crippen LogP contribution in [0.25, 0.3) is 0 Å². The third-order valence-electron chi connectivity index (χ3n) is 2.76. The molecule has 2 rings (SSSR count). The van der Waals surface area contributed by atoms with Crippen LogP contribution in [0.15, 0.2) is 42.5 Å². The predicted molar refractivity (Wildman–Crippen MR) is 79.0 cm³/mol. The number of carbonyl (C=O) groups excluding carboxylic acids is 1. The molecule has 0 bridgehead atoms. The summed E-state index contributed by atoms with van der Waals surface area (Å²) < 4.78 is 10.3. The minimum atomic E-state index is -0.258. The molecule has 0 spiro atoms. The summed E-state index contributed by atoms with van der Waals surface area (Å²) in [5, 5.41) is 3.39. The van der Waals surface area contributed by atoms with Crippen molar-refractivity contribution >= 4 is 23.2 Å². The number of rotatable bonds is 4. The fourth-order valence-electron chi connectivity index (χ4n) is 1.72. The van der Waals surface area contributed by atoms with Gasteiger partial charge in [-0.1, -0.05) is 11.6 Å². The van der Waals surface area contributed by atoms with E-state index < -0.39 is 0 Å². The van der Waals surface area contributed by atoms with E-state index in [-0.39, 0.29) is 5.91 Å². The molecule has 0 saturated heterocycles. The van der Waals surface area contributed by atoms with Crippen molar-refractivity contribution in [2.24, 2.45) is 0 Å². The van der Waals surface area contributed by atoms with E-state index in [4.69, 9.17) is 21.1 Å². The summed E-state index contributed by atoms with van der Waals surface area (Å²) in [4.78, 5) is 12.2. The summed E-state index contributed by atoms with van der Waals surface area (Å²) in [5.74, 6) is 0.826. The second-order valence-corrected chi connectivity index (χ2v) is 4.46. The van der Waals surface area contributed by atoms with Gasteiger partial charge in [0.1, 0.15) is 11.5 Å². The topological polar surface area (TPSA) is 47.6 Å². The molecule has 104 valence electrons. The molecule has 0 aliphatic rings. The van der Waals surface area contributed by atoms with Crippen LogP contribution in [-0.4, -0.2) is 20.1 Å². The molecule has 20 heavy (non-hydrogen) atoms. The van der Waals surface area contributed by atoms with Gasteiger partial charge >= 0.3 is 0 Å². The fourth-order valence-corrected chi connectivity index (χ4v) is 1.84. The van der Waals surface area contributed by atoms with Crippen LogP contribution in [0.2, 0.25) is 5.02 Å². The van der Waals surface area contributed by atoms with E-state index in [0.717, 1.165) is 0 Å². The van der Waals surface area contributed by atoms with E-state index in [9.17, 15) is 4.79 Å². The highest BCUT2D eigenvalue weighted by molar-refractivity contribution is 6.30. The smallest absolute Gasteiger partial charge is 0.259 e. The predicted octanol–water partition coefficient (Wildman–Crippen LogP) is 3.61. The number of nitrogens with one attached hydrogen (secondary N) is 1.